The van der Waals surface area contributed by atoms with Crippen molar-refractivity contribution in [2.24, 2.45) is 0 Å². The average Bonchev–Trinajstić information content (AvgIpc) is 2.83. The van der Waals surface area contributed by atoms with Crippen molar-refractivity contribution in [3.05, 3.63) is 24.1 Å². The molecule has 0 aliphatic rings. The molecule has 1 heterocycles. The summed E-state index contributed by atoms with van der Waals surface area (Å²) in [6.45, 7) is 2.85. The zero-order chi connectivity index (χ0) is 14.2. The van der Waals surface area contributed by atoms with Gasteiger partial charge in [0.25, 0.3) is 0 Å². The number of hydrogen-bond donors (Lipinski definition) is 1. The van der Waals surface area contributed by atoms with Gasteiger partial charge in [0.1, 0.15) is 12.1 Å². The van der Waals surface area contributed by atoms with Gasteiger partial charge in [-0.15, -0.1) is 0 Å². The van der Waals surface area contributed by atoms with Crippen molar-refractivity contribution in [2.45, 2.75) is 13.0 Å². The first kappa shape index (κ1) is 14.8. The molecule has 0 radical (unpaired) electrons. The van der Waals surface area contributed by atoms with Crippen LogP contribution in [-0.4, -0.2) is 38.5 Å². The predicted molar refractivity (Wildman–Crippen MR) is 75.4 cm³/mol. The number of methoxy groups -OCH3 is 1. The SMILES string of the molecule is COCCOCCCOCc1nc2cc(N)ccc2o1. The van der Waals surface area contributed by atoms with E-state index in [9.17, 15) is 0 Å². The van der Waals surface area contributed by atoms with E-state index < -0.39 is 0 Å². The third-order valence-corrected chi connectivity index (χ3v) is 2.69. The standard InChI is InChI=1S/C14H20N2O4/c1-17-7-8-18-5-2-6-19-10-14-16-12-9-11(15)3-4-13(12)20-14/h3-4,9H,2,5-8,10,15H2,1H3. The lowest BCUT2D eigenvalue weighted by atomic mass is 10.3. The molecule has 6 nitrogen and oxygen atoms in total. The summed E-state index contributed by atoms with van der Waals surface area (Å²) < 4.78 is 21.2. The highest BCUT2D eigenvalue weighted by molar-refractivity contribution is 5.76. The van der Waals surface area contributed by atoms with Gasteiger partial charge in [-0.25, -0.2) is 4.98 Å². The second kappa shape index (κ2) is 7.84. The molecule has 0 aliphatic heterocycles. The fourth-order valence-corrected chi connectivity index (χ4v) is 1.72. The van der Waals surface area contributed by atoms with Crippen molar-refractivity contribution >= 4 is 16.8 Å². The summed E-state index contributed by atoms with van der Waals surface area (Å²) in [5.74, 6) is 0.561. The lowest BCUT2D eigenvalue weighted by Gasteiger charge is -2.03. The third kappa shape index (κ3) is 4.48. The van der Waals surface area contributed by atoms with Crippen LogP contribution in [0.3, 0.4) is 0 Å². The maximum absolute atomic E-state index is 5.69. The molecule has 2 rings (SSSR count). The Hall–Kier alpha value is -1.63. The van der Waals surface area contributed by atoms with E-state index in [1.807, 2.05) is 6.07 Å². The summed E-state index contributed by atoms with van der Waals surface area (Å²) in [5, 5.41) is 0. The molecule has 0 aliphatic carbocycles. The predicted octanol–water partition coefficient (Wildman–Crippen LogP) is 1.98. The van der Waals surface area contributed by atoms with Crippen LogP contribution in [0.15, 0.2) is 22.6 Å². The Kier molecular flexibility index (Phi) is 5.79. The molecule has 2 aromatic rings. The van der Waals surface area contributed by atoms with Crippen LogP contribution >= 0.6 is 0 Å². The second-order valence-corrected chi connectivity index (χ2v) is 4.35. The van der Waals surface area contributed by atoms with E-state index in [4.69, 9.17) is 24.4 Å². The Morgan fingerprint density at radius 3 is 2.85 bits per heavy atom. The maximum atomic E-state index is 5.69. The van der Waals surface area contributed by atoms with Crippen molar-refractivity contribution in [3.8, 4) is 0 Å². The molecule has 110 valence electrons. The van der Waals surface area contributed by atoms with Crippen LogP contribution in [0.25, 0.3) is 11.1 Å². The van der Waals surface area contributed by atoms with Crippen molar-refractivity contribution in [1.29, 1.82) is 0 Å². The Bertz CT molecular complexity index is 527. The van der Waals surface area contributed by atoms with Crippen LogP contribution in [0.5, 0.6) is 0 Å². The Morgan fingerprint density at radius 1 is 1.15 bits per heavy atom. The summed E-state index contributed by atoms with van der Waals surface area (Å²) in [6.07, 6.45) is 0.830. The number of fused-ring (bicyclic) bond motifs is 1. The number of nitrogens with zero attached hydrogens (tertiary/aromatic N) is 1. The first-order valence-electron chi connectivity index (χ1n) is 6.59. The number of benzene rings is 1. The van der Waals surface area contributed by atoms with Gasteiger partial charge in [0.15, 0.2) is 5.58 Å². The van der Waals surface area contributed by atoms with Crippen LogP contribution in [0.4, 0.5) is 5.69 Å². The van der Waals surface area contributed by atoms with E-state index >= 15 is 0 Å². The highest BCUT2D eigenvalue weighted by Crippen LogP contribution is 2.18. The topological polar surface area (TPSA) is 79.7 Å². The number of aromatic nitrogens is 1. The number of oxazole rings is 1. The van der Waals surface area contributed by atoms with Gasteiger partial charge >= 0.3 is 0 Å². The maximum Gasteiger partial charge on any atom is 0.221 e. The smallest absolute Gasteiger partial charge is 0.221 e. The molecule has 0 spiro atoms. The van der Waals surface area contributed by atoms with E-state index in [2.05, 4.69) is 4.98 Å². The number of nitrogens with two attached hydrogens (primary N) is 1. The summed E-state index contributed by atoms with van der Waals surface area (Å²) in [7, 11) is 1.65. The monoisotopic (exact) mass is 280 g/mol. The van der Waals surface area contributed by atoms with Gasteiger partial charge in [-0.1, -0.05) is 0 Å². The van der Waals surface area contributed by atoms with Gasteiger partial charge in [0, 0.05) is 26.0 Å². The molecule has 20 heavy (non-hydrogen) atoms. The molecule has 2 N–H and O–H groups in total. The van der Waals surface area contributed by atoms with Gasteiger partial charge in [0.05, 0.1) is 13.2 Å². The first-order chi connectivity index (χ1) is 9.79. The van der Waals surface area contributed by atoms with Gasteiger partial charge in [-0.3, -0.25) is 0 Å². The van der Waals surface area contributed by atoms with E-state index in [-0.39, 0.29) is 0 Å². The minimum Gasteiger partial charge on any atom is -0.438 e. The van der Waals surface area contributed by atoms with Gasteiger partial charge in [-0.05, 0) is 24.6 Å². The second-order valence-electron chi connectivity index (χ2n) is 4.35. The molecule has 0 bridgehead atoms. The molecule has 0 unspecified atom stereocenters. The molecule has 0 saturated carbocycles. The van der Waals surface area contributed by atoms with Crippen molar-refractivity contribution in [3.63, 3.8) is 0 Å². The molecule has 0 fully saturated rings. The number of ether oxygens (including phenoxy) is 3. The van der Waals surface area contributed by atoms with Crippen LogP contribution in [0, 0.1) is 0 Å². The number of anilines is 1. The summed E-state index contributed by atoms with van der Waals surface area (Å²) in [4.78, 5) is 4.31. The summed E-state index contributed by atoms with van der Waals surface area (Å²) in [5.41, 5.74) is 7.84. The zero-order valence-electron chi connectivity index (χ0n) is 11.6. The Balaban J connectivity index is 1.65. The highest BCUT2D eigenvalue weighted by atomic mass is 16.5. The fraction of sp³-hybridized carbons (Fsp3) is 0.500. The molecular formula is C14H20N2O4. The highest BCUT2D eigenvalue weighted by Gasteiger charge is 2.05. The van der Waals surface area contributed by atoms with E-state index in [0.717, 1.165) is 17.5 Å². The van der Waals surface area contributed by atoms with Crippen molar-refractivity contribution in [2.75, 3.05) is 39.3 Å². The molecule has 0 atom stereocenters. The molecule has 1 aromatic carbocycles. The minimum absolute atomic E-state index is 0.354. The first-order valence-corrected chi connectivity index (χ1v) is 6.59. The van der Waals surface area contributed by atoms with E-state index in [0.29, 0.717) is 44.6 Å². The minimum atomic E-state index is 0.354. The quantitative estimate of drug-likeness (QED) is 0.559. The summed E-state index contributed by atoms with van der Waals surface area (Å²) >= 11 is 0. The Morgan fingerprint density at radius 2 is 2.00 bits per heavy atom. The van der Waals surface area contributed by atoms with Crippen molar-refractivity contribution in [1.82, 2.24) is 4.98 Å². The van der Waals surface area contributed by atoms with Crippen LogP contribution in [-0.2, 0) is 20.8 Å². The normalized spacial score (nSPS) is 11.2. The fourth-order valence-electron chi connectivity index (χ4n) is 1.72. The Labute approximate surface area is 117 Å². The number of nitrogen functional groups attached to an aromatic ring is 1. The largest absolute Gasteiger partial charge is 0.438 e. The van der Waals surface area contributed by atoms with Crippen LogP contribution < -0.4 is 5.73 Å². The number of rotatable bonds is 9. The van der Waals surface area contributed by atoms with E-state index in [1.54, 1.807) is 19.2 Å². The lowest BCUT2D eigenvalue weighted by Crippen LogP contribution is -2.05. The van der Waals surface area contributed by atoms with Gasteiger partial charge in [0.2, 0.25) is 5.89 Å². The summed E-state index contributed by atoms with van der Waals surface area (Å²) in [6, 6.07) is 5.38. The van der Waals surface area contributed by atoms with Crippen LogP contribution in [0.1, 0.15) is 12.3 Å². The molecule has 6 heteroatoms. The molecular weight excluding hydrogens is 260 g/mol. The zero-order valence-corrected chi connectivity index (χ0v) is 11.6. The van der Waals surface area contributed by atoms with Gasteiger partial charge in [-0.2, -0.15) is 0 Å². The van der Waals surface area contributed by atoms with E-state index in [1.165, 1.54) is 0 Å². The molecule has 1 aromatic heterocycles. The lowest BCUT2D eigenvalue weighted by molar-refractivity contribution is 0.0447. The van der Waals surface area contributed by atoms with Gasteiger partial charge < -0.3 is 24.4 Å². The van der Waals surface area contributed by atoms with Crippen LogP contribution in [0.2, 0.25) is 0 Å². The van der Waals surface area contributed by atoms with Crippen molar-refractivity contribution < 1.29 is 18.6 Å². The third-order valence-electron chi connectivity index (χ3n) is 2.69. The average molecular weight is 280 g/mol. The molecule has 0 saturated heterocycles. The number of hydrogen-bond acceptors (Lipinski definition) is 6. The molecule has 0 amide bonds.